The average molecular weight is 597 g/mol. The third kappa shape index (κ3) is 6.89. The molecule has 0 aliphatic carbocycles. The summed E-state index contributed by atoms with van der Waals surface area (Å²) in [5.41, 5.74) is 5.77. The molecule has 0 N–H and O–H groups in total. The zero-order valence-electron chi connectivity index (χ0n) is 24.0. The first-order chi connectivity index (χ1) is 20.5. The molecule has 1 aliphatic heterocycles. The Morgan fingerprint density at radius 1 is 0.833 bits per heavy atom. The van der Waals surface area contributed by atoms with Gasteiger partial charge in [0.25, 0.3) is 5.91 Å². The minimum absolute atomic E-state index is 0.147. The predicted octanol–water partition coefficient (Wildman–Crippen LogP) is 9.25. The number of rotatable bonds is 10. The topological polar surface area (TPSA) is 51.1 Å². The van der Waals surface area contributed by atoms with E-state index in [0.29, 0.717) is 39.8 Å². The van der Waals surface area contributed by atoms with Crippen molar-refractivity contribution in [1.29, 1.82) is 0 Å². The molecular formula is C35H33ClN2O3S. The van der Waals surface area contributed by atoms with E-state index in [-0.39, 0.29) is 5.91 Å². The molecule has 0 spiro atoms. The molecule has 0 aromatic heterocycles. The van der Waals surface area contributed by atoms with Crippen molar-refractivity contribution < 1.29 is 14.3 Å². The summed E-state index contributed by atoms with van der Waals surface area (Å²) >= 11 is 8.05. The van der Waals surface area contributed by atoms with Crippen LogP contribution in [0.15, 0.2) is 101 Å². The van der Waals surface area contributed by atoms with Crippen LogP contribution in [0.2, 0.25) is 5.02 Å². The van der Waals surface area contributed by atoms with E-state index in [9.17, 15) is 4.79 Å². The number of benzene rings is 4. The third-order valence-electron chi connectivity index (χ3n) is 6.83. The van der Waals surface area contributed by atoms with Gasteiger partial charge >= 0.3 is 0 Å². The molecule has 1 fully saturated rings. The van der Waals surface area contributed by atoms with Gasteiger partial charge in [-0.2, -0.15) is 0 Å². The Labute approximate surface area is 256 Å². The lowest BCUT2D eigenvalue weighted by atomic mass is 10.1. The van der Waals surface area contributed by atoms with Gasteiger partial charge in [0.1, 0.15) is 6.61 Å². The summed E-state index contributed by atoms with van der Waals surface area (Å²) < 4.78 is 12.0. The fraction of sp³-hybridized carbons (Fsp3) is 0.200. The van der Waals surface area contributed by atoms with Crippen LogP contribution < -0.4 is 14.4 Å². The second-order valence-electron chi connectivity index (χ2n) is 9.72. The van der Waals surface area contributed by atoms with Crippen molar-refractivity contribution in [1.82, 2.24) is 0 Å². The molecule has 0 unspecified atom stereocenters. The van der Waals surface area contributed by atoms with E-state index in [1.165, 1.54) is 22.9 Å². The van der Waals surface area contributed by atoms with E-state index in [2.05, 4.69) is 26.0 Å². The molecule has 1 aliphatic rings. The van der Waals surface area contributed by atoms with Crippen molar-refractivity contribution in [2.75, 3.05) is 11.5 Å². The summed E-state index contributed by atoms with van der Waals surface area (Å²) in [5, 5.41) is 1.01. The van der Waals surface area contributed by atoms with Crippen LogP contribution in [-0.2, 0) is 24.2 Å². The number of hydrogen-bond acceptors (Lipinski definition) is 5. The Kier molecular flexibility index (Phi) is 9.67. The highest BCUT2D eigenvalue weighted by atomic mass is 35.5. The van der Waals surface area contributed by atoms with E-state index in [0.717, 1.165) is 35.3 Å². The lowest BCUT2D eigenvalue weighted by Gasteiger charge is -2.16. The van der Waals surface area contributed by atoms with Gasteiger partial charge < -0.3 is 9.47 Å². The van der Waals surface area contributed by atoms with Gasteiger partial charge in [-0.15, -0.1) is 0 Å². The van der Waals surface area contributed by atoms with Gasteiger partial charge in [0.15, 0.2) is 16.7 Å². The monoisotopic (exact) mass is 596 g/mol. The first kappa shape index (κ1) is 29.5. The summed E-state index contributed by atoms with van der Waals surface area (Å²) in [6.07, 6.45) is 3.71. The van der Waals surface area contributed by atoms with Crippen LogP contribution in [0.5, 0.6) is 11.5 Å². The number of amidine groups is 1. The zero-order valence-corrected chi connectivity index (χ0v) is 25.5. The molecule has 1 heterocycles. The molecule has 4 aromatic carbocycles. The molecular weight excluding hydrogens is 564 g/mol. The summed E-state index contributed by atoms with van der Waals surface area (Å²) in [6, 6.07) is 29.7. The lowest BCUT2D eigenvalue weighted by Crippen LogP contribution is -2.28. The van der Waals surface area contributed by atoms with Crippen molar-refractivity contribution in [2.45, 2.75) is 40.2 Å². The molecule has 1 saturated heterocycles. The fourth-order valence-electron chi connectivity index (χ4n) is 4.53. The van der Waals surface area contributed by atoms with Crippen molar-refractivity contribution in [3.8, 4) is 11.5 Å². The van der Waals surface area contributed by atoms with Gasteiger partial charge in [0.05, 0.1) is 27.9 Å². The zero-order chi connectivity index (χ0) is 29.5. The summed E-state index contributed by atoms with van der Waals surface area (Å²) in [5.74, 6) is 0.858. The standard InChI is InChI=1S/C35H33ClN2O3S/c1-4-24-12-16-28(17-13-24)37-35-38(29-18-14-25(5-2)15-19-29)34(39)32(42-35)22-27-20-30(36)33(31(21-27)40-6-3)41-23-26-10-8-7-9-11-26/h7-22H,4-6,23H2,1-3H3/b32-22-,37-35?. The first-order valence-corrected chi connectivity index (χ1v) is 15.3. The minimum atomic E-state index is -0.147. The van der Waals surface area contributed by atoms with Crippen LogP contribution in [0.25, 0.3) is 6.08 Å². The van der Waals surface area contributed by atoms with Crippen LogP contribution in [0.4, 0.5) is 11.4 Å². The smallest absolute Gasteiger partial charge is 0.271 e. The van der Waals surface area contributed by atoms with E-state index in [1.54, 1.807) is 11.0 Å². The number of anilines is 1. The first-order valence-electron chi connectivity index (χ1n) is 14.1. The average Bonchev–Trinajstić information content (AvgIpc) is 3.31. The Morgan fingerprint density at radius 2 is 1.50 bits per heavy atom. The van der Waals surface area contributed by atoms with Crippen molar-refractivity contribution in [2.24, 2.45) is 4.99 Å². The maximum absolute atomic E-state index is 13.9. The highest BCUT2D eigenvalue weighted by molar-refractivity contribution is 8.19. The van der Waals surface area contributed by atoms with E-state index >= 15 is 0 Å². The maximum atomic E-state index is 13.9. The third-order valence-corrected chi connectivity index (χ3v) is 8.08. The van der Waals surface area contributed by atoms with Crippen LogP contribution in [0, 0.1) is 0 Å². The van der Waals surface area contributed by atoms with Gasteiger partial charge in [-0.1, -0.05) is 80.0 Å². The number of aliphatic imine (C=N–C) groups is 1. The van der Waals surface area contributed by atoms with Gasteiger partial charge in [0.2, 0.25) is 0 Å². The summed E-state index contributed by atoms with van der Waals surface area (Å²) in [4.78, 5) is 20.9. The Balaban J connectivity index is 1.49. The highest BCUT2D eigenvalue weighted by Gasteiger charge is 2.35. The summed E-state index contributed by atoms with van der Waals surface area (Å²) in [7, 11) is 0. The van der Waals surface area contributed by atoms with Crippen molar-refractivity contribution in [3.05, 3.63) is 123 Å². The van der Waals surface area contributed by atoms with Crippen LogP contribution in [0.3, 0.4) is 0 Å². The van der Waals surface area contributed by atoms with Gasteiger partial charge in [-0.05, 0) is 96.3 Å². The number of carbonyl (C=O) groups excluding carboxylic acids is 1. The van der Waals surface area contributed by atoms with Crippen molar-refractivity contribution >= 4 is 51.9 Å². The predicted molar refractivity (Wildman–Crippen MR) is 175 cm³/mol. The number of carbonyl (C=O) groups is 1. The molecule has 0 saturated carbocycles. The van der Waals surface area contributed by atoms with Gasteiger partial charge in [-0.25, -0.2) is 4.99 Å². The number of nitrogens with zero attached hydrogens (tertiary/aromatic N) is 2. The summed E-state index contributed by atoms with van der Waals surface area (Å²) in [6.45, 7) is 6.95. The Bertz CT molecular complexity index is 1600. The molecule has 5 nitrogen and oxygen atoms in total. The second-order valence-corrected chi connectivity index (χ2v) is 11.1. The van der Waals surface area contributed by atoms with E-state index < -0.39 is 0 Å². The Morgan fingerprint density at radius 3 is 2.14 bits per heavy atom. The Hall–Kier alpha value is -4.00. The largest absolute Gasteiger partial charge is 0.490 e. The molecule has 0 radical (unpaired) electrons. The second kappa shape index (κ2) is 13.8. The molecule has 0 atom stereocenters. The normalized spacial score (nSPS) is 15.0. The van der Waals surface area contributed by atoms with E-state index in [1.807, 2.05) is 85.8 Å². The molecule has 5 rings (SSSR count). The molecule has 4 aromatic rings. The molecule has 1 amide bonds. The number of halogens is 1. The molecule has 0 bridgehead atoms. The van der Waals surface area contributed by atoms with Gasteiger partial charge in [-0.3, -0.25) is 9.69 Å². The minimum Gasteiger partial charge on any atom is -0.490 e. The SMILES string of the molecule is CCOc1cc(/C=C2\SC(=Nc3ccc(CC)cc3)N(c3ccc(CC)cc3)C2=O)cc(Cl)c1OCc1ccccc1. The van der Waals surface area contributed by atoms with Gasteiger partial charge in [0, 0.05) is 0 Å². The molecule has 42 heavy (non-hydrogen) atoms. The number of hydrogen-bond donors (Lipinski definition) is 0. The highest BCUT2D eigenvalue weighted by Crippen LogP contribution is 2.41. The quantitative estimate of drug-likeness (QED) is 0.171. The fourth-order valence-corrected chi connectivity index (χ4v) is 5.80. The van der Waals surface area contributed by atoms with Crippen LogP contribution in [-0.4, -0.2) is 17.7 Å². The van der Waals surface area contributed by atoms with Crippen LogP contribution >= 0.6 is 23.4 Å². The number of aryl methyl sites for hydroxylation is 2. The van der Waals surface area contributed by atoms with Crippen molar-refractivity contribution in [3.63, 3.8) is 0 Å². The number of amides is 1. The molecule has 214 valence electrons. The van der Waals surface area contributed by atoms with E-state index in [4.69, 9.17) is 26.1 Å². The maximum Gasteiger partial charge on any atom is 0.271 e. The number of thioether (sulfide) groups is 1. The lowest BCUT2D eigenvalue weighted by molar-refractivity contribution is -0.113. The number of ether oxygens (including phenoxy) is 2. The molecule has 7 heteroatoms. The van der Waals surface area contributed by atoms with Crippen LogP contribution in [0.1, 0.15) is 43.0 Å².